The van der Waals surface area contributed by atoms with E-state index in [1.54, 1.807) is 6.26 Å². The highest BCUT2D eigenvalue weighted by Crippen LogP contribution is 2.35. The van der Waals surface area contributed by atoms with Crippen LogP contribution in [0.15, 0.2) is 29.2 Å². The molecule has 0 bridgehead atoms. The van der Waals surface area contributed by atoms with Crippen LogP contribution >= 0.6 is 0 Å². The van der Waals surface area contributed by atoms with E-state index in [9.17, 15) is 0 Å². The van der Waals surface area contributed by atoms with E-state index >= 15 is 0 Å². The maximum Gasteiger partial charge on any atom is 0.124 e. The van der Waals surface area contributed by atoms with Gasteiger partial charge in [0.1, 0.15) is 6.26 Å². The predicted molar refractivity (Wildman–Crippen MR) is 84.1 cm³/mol. The molecule has 0 saturated carbocycles. The van der Waals surface area contributed by atoms with Crippen LogP contribution in [0.2, 0.25) is 0 Å². The van der Waals surface area contributed by atoms with Crippen molar-refractivity contribution in [3.8, 4) is 0 Å². The molecule has 1 fully saturated rings. The van der Waals surface area contributed by atoms with Gasteiger partial charge in [-0.3, -0.25) is 9.58 Å². The Hall–Kier alpha value is -1.66. The highest BCUT2D eigenvalue weighted by Gasteiger charge is 2.32. The minimum atomic E-state index is 0.446. The van der Waals surface area contributed by atoms with Gasteiger partial charge >= 0.3 is 0 Å². The van der Waals surface area contributed by atoms with Crippen molar-refractivity contribution in [1.82, 2.24) is 24.7 Å². The molecule has 1 aliphatic heterocycles. The number of rotatable bonds is 5. The highest BCUT2D eigenvalue weighted by molar-refractivity contribution is 5.13. The number of hydrogen-bond acceptors (Lipinski definition) is 5. The summed E-state index contributed by atoms with van der Waals surface area (Å²) < 4.78 is 6.82. The first-order valence-electron chi connectivity index (χ1n) is 7.90. The quantitative estimate of drug-likeness (QED) is 0.844. The van der Waals surface area contributed by atoms with Crippen LogP contribution in [0.25, 0.3) is 0 Å². The van der Waals surface area contributed by atoms with Crippen molar-refractivity contribution in [3.63, 3.8) is 0 Å². The van der Waals surface area contributed by atoms with Crippen molar-refractivity contribution in [2.45, 2.75) is 25.4 Å². The molecule has 1 saturated heterocycles. The summed E-state index contributed by atoms with van der Waals surface area (Å²) >= 11 is 0. The normalized spacial score (nSPS) is 23.3. The Kier molecular flexibility index (Phi) is 4.59. The summed E-state index contributed by atoms with van der Waals surface area (Å²) in [5.74, 6) is 0.611. The molecular weight excluding hydrogens is 278 g/mol. The summed E-state index contributed by atoms with van der Waals surface area (Å²) in [5.41, 5.74) is 2.31. The lowest BCUT2D eigenvalue weighted by Gasteiger charge is -2.40. The SMILES string of the molecule is CN(Cc1ccon1)C[C@@H]1CCCN(C)[C@H]1c1cnn(C)c1. The molecule has 2 aromatic heterocycles. The second-order valence-electron chi connectivity index (χ2n) is 6.46. The average Bonchev–Trinajstić information content (AvgIpc) is 3.11. The van der Waals surface area contributed by atoms with Gasteiger partial charge in [0.25, 0.3) is 0 Å². The molecule has 0 N–H and O–H groups in total. The number of aromatic nitrogens is 3. The number of aryl methyl sites for hydroxylation is 1. The summed E-state index contributed by atoms with van der Waals surface area (Å²) in [5, 5.41) is 8.36. The molecule has 6 heteroatoms. The molecule has 120 valence electrons. The largest absolute Gasteiger partial charge is 0.364 e. The molecule has 0 aliphatic carbocycles. The van der Waals surface area contributed by atoms with E-state index in [4.69, 9.17) is 4.52 Å². The second kappa shape index (κ2) is 6.62. The van der Waals surface area contributed by atoms with Gasteiger partial charge in [0.2, 0.25) is 0 Å². The first kappa shape index (κ1) is 15.2. The van der Waals surface area contributed by atoms with Crippen molar-refractivity contribution in [1.29, 1.82) is 0 Å². The van der Waals surface area contributed by atoms with Crippen LogP contribution in [-0.4, -0.2) is 51.9 Å². The number of hydrogen-bond donors (Lipinski definition) is 0. The molecule has 3 rings (SSSR count). The van der Waals surface area contributed by atoms with Crippen molar-refractivity contribution in [2.24, 2.45) is 13.0 Å². The predicted octanol–water partition coefficient (Wildman–Crippen LogP) is 1.92. The van der Waals surface area contributed by atoms with Crippen molar-refractivity contribution >= 4 is 0 Å². The van der Waals surface area contributed by atoms with Gasteiger partial charge in [-0.25, -0.2) is 0 Å². The molecule has 0 unspecified atom stereocenters. The molecule has 6 nitrogen and oxygen atoms in total. The second-order valence-corrected chi connectivity index (χ2v) is 6.46. The van der Waals surface area contributed by atoms with E-state index in [2.05, 4.69) is 40.3 Å². The average molecular weight is 303 g/mol. The van der Waals surface area contributed by atoms with Crippen LogP contribution < -0.4 is 0 Å². The lowest BCUT2D eigenvalue weighted by atomic mass is 9.85. The maximum absolute atomic E-state index is 4.92. The molecule has 3 heterocycles. The summed E-state index contributed by atoms with van der Waals surface area (Å²) in [6, 6.07) is 2.38. The third-order valence-electron chi connectivity index (χ3n) is 4.54. The lowest BCUT2D eigenvalue weighted by molar-refractivity contribution is 0.0920. The first-order chi connectivity index (χ1) is 10.6. The van der Waals surface area contributed by atoms with Gasteiger partial charge in [-0.2, -0.15) is 5.10 Å². The number of piperidine rings is 1. The zero-order valence-electron chi connectivity index (χ0n) is 13.6. The Bertz CT molecular complexity index is 579. The summed E-state index contributed by atoms with van der Waals surface area (Å²) in [4.78, 5) is 4.81. The molecular formula is C16H25N5O. The Balaban J connectivity index is 1.69. The molecule has 2 atom stereocenters. The standard InChI is InChI=1S/C16H25N5O/c1-19(12-15-6-8-22-18-15)10-13-5-4-7-20(2)16(13)14-9-17-21(3)11-14/h6,8-9,11,13,16H,4-5,7,10,12H2,1-3H3/t13-,16+/m0/s1. The van der Waals surface area contributed by atoms with Crippen LogP contribution in [0, 0.1) is 5.92 Å². The summed E-state index contributed by atoms with van der Waals surface area (Å²) in [6.45, 7) is 3.04. The van der Waals surface area contributed by atoms with Gasteiger partial charge in [0.15, 0.2) is 0 Å². The smallest absolute Gasteiger partial charge is 0.124 e. The Morgan fingerprint density at radius 1 is 1.41 bits per heavy atom. The van der Waals surface area contributed by atoms with E-state index < -0.39 is 0 Å². The van der Waals surface area contributed by atoms with Gasteiger partial charge in [-0.05, 0) is 39.4 Å². The topological polar surface area (TPSA) is 50.3 Å². The lowest BCUT2D eigenvalue weighted by Crippen LogP contribution is -2.40. The van der Waals surface area contributed by atoms with Gasteiger partial charge in [-0.15, -0.1) is 0 Å². The molecule has 0 amide bonds. The van der Waals surface area contributed by atoms with Crippen LogP contribution in [0.3, 0.4) is 0 Å². The van der Waals surface area contributed by atoms with E-state index in [1.165, 1.54) is 18.4 Å². The van der Waals surface area contributed by atoms with Gasteiger partial charge < -0.3 is 9.42 Å². The highest BCUT2D eigenvalue weighted by atomic mass is 16.5. The first-order valence-corrected chi connectivity index (χ1v) is 7.90. The number of likely N-dealkylation sites (tertiary alicyclic amines) is 1. The zero-order chi connectivity index (χ0) is 15.5. The van der Waals surface area contributed by atoms with E-state index in [1.807, 2.05) is 24.0 Å². The van der Waals surface area contributed by atoms with Gasteiger partial charge in [0.05, 0.1) is 11.9 Å². The number of nitrogens with zero attached hydrogens (tertiary/aromatic N) is 5. The van der Waals surface area contributed by atoms with Gasteiger partial charge in [-0.1, -0.05) is 5.16 Å². The van der Waals surface area contributed by atoms with E-state index in [0.29, 0.717) is 12.0 Å². The molecule has 0 spiro atoms. The summed E-state index contributed by atoms with van der Waals surface area (Å²) in [6.07, 6.45) is 8.31. The van der Waals surface area contributed by atoms with Crippen LogP contribution in [-0.2, 0) is 13.6 Å². The van der Waals surface area contributed by atoms with Gasteiger partial charge in [0, 0.05) is 44.0 Å². The molecule has 2 aromatic rings. The zero-order valence-corrected chi connectivity index (χ0v) is 13.6. The fraction of sp³-hybridized carbons (Fsp3) is 0.625. The third-order valence-corrected chi connectivity index (χ3v) is 4.54. The van der Waals surface area contributed by atoms with Crippen molar-refractivity contribution in [3.05, 3.63) is 36.0 Å². The van der Waals surface area contributed by atoms with Crippen LogP contribution in [0.5, 0.6) is 0 Å². The minimum Gasteiger partial charge on any atom is -0.364 e. The third kappa shape index (κ3) is 3.39. The van der Waals surface area contributed by atoms with Crippen LogP contribution in [0.4, 0.5) is 0 Å². The van der Waals surface area contributed by atoms with E-state index in [-0.39, 0.29) is 0 Å². The van der Waals surface area contributed by atoms with Crippen LogP contribution in [0.1, 0.15) is 30.1 Å². The molecule has 0 aromatic carbocycles. The Labute approximate surface area is 131 Å². The molecule has 0 radical (unpaired) electrons. The summed E-state index contributed by atoms with van der Waals surface area (Å²) in [7, 11) is 6.36. The van der Waals surface area contributed by atoms with Crippen molar-refractivity contribution < 1.29 is 4.52 Å². The fourth-order valence-corrected chi connectivity index (χ4v) is 3.63. The fourth-order valence-electron chi connectivity index (χ4n) is 3.63. The molecule has 22 heavy (non-hydrogen) atoms. The Morgan fingerprint density at radius 2 is 2.27 bits per heavy atom. The van der Waals surface area contributed by atoms with Crippen molar-refractivity contribution in [2.75, 3.05) is 27.2 Å². The Morgan fingerprint density at radius 3 is 2.95 bits per heavy atom. The molecule has 1 aliphatic rings. The maximum atomic E-state index is 4.92. The minimum absolute atomic E-state index is 0.446. The monoisotopic (exact) mass is 303 g/mol. The van der Waals surface area contributed by atoms with E-state index in [0.717, 1.165) is 25.3 Å².